The minimum absolute atomic E-state index is 0.0719. The van der Waals surface area contributed by atoms with Gasteiger partial charge in [0.2, 0.25) is 0 Å². The predicted octanol–water partition coefficient (Wildman–Crippen LogP) is 0.677. The monoisotopic (exact) mass is 224 g/mol. The lowest BCUT2D eigenvalue weighted by atomic mass is 10.1. The second-order valence-electron chi connectivity index (χ2n) is 3.93. The van der Waals surface area contributed by atoms with Gasteiger partial charge in [0, 0.05) is 24.5 Å². The number of nitrogens with zero attached hydrogens (tertiary/aromatic N) is 1. The highest BCUT2D eigenvalue weighted by molar-refractivity contribution is 5.62. The molecule has 0 fully saturated rings. The van der Waals surface area contributed by atoms with Crippen molar-refractivity contribution >= 4 is 11.4 Å². The van der Waals surface area contributed by atoms with Gasteiger partial charge < -0.3 is 20.8 Å². The fraction of sp³-hybridized carbons (Fsp3) is 0.500. The van der Waals surface area contributed by atoms with Crippen LogP contribution in [-0.2, 0) is 0 Å². The van der Waals surface area contributed by atoms with Gasteiger partial charge in [-0.25, -0.2) is 0 Å². The fourth-order valence-electron chi connectivity index (χ4n) is 1.75. The van der Waals surface area contributed by atoms with Crippen molar-refractivity contribution in [1.29, 1.82) is 0 Å². The molecule has 0 saturated heterocycles. The van der Waals surface area contributed by atoms with Crippen molar-refractivity contribution in [2.24, 2.45) is 0 Å². The van der Waals surface area contributed by atoms with Crippen molar-refractivity contribution in [2.75, 3.05) is 36.9 Å². The zero-order chi connectivity index (χ0) is 12.1. The van der Waals surface area contributed by atoms with Crippen molar-refractivity contribution < 1.29 is 10.2 Å². The molecule has 4 nitrogen and oxygen atoms in total. The van der Waals surface area contributed by atoms with Gasteiger partial charge in [-0.2, -0.15) is 0 Å². The Labute approximate surface area is 96.3 Å². The quantitative estimate of drug-likeness (QED) is 0.643. The largest absolute Gasteiger partial charge is 0.398 e. The van der Waals surface area contributed by atoms with E-state index >= 15 is 0 Å². The number of rotatable bonds is 5. The third-order valence-corrected chi connectivity index (χ3v) is 2.68. The summed E-state index contributed by atoms with van der Waals surface area (Å²) in [5, 5.41) is 17.9. The smallest absolute Gasteiger partial charge is 0.0606 e. The minimum Gasteiger partial charge on any atom is -0.398 e. The molecule has 0 aliphatic heterocycles. The Balaban J connectivity index is 3.00. The summed E-state index contributed by atoms with van der Waals surface area (Å²) in [6, 6.07) is 3.96. The maximum absolute atomic E-state index is 8.97. The van der Waals surface area contributed by atoms with E-state index in [4.69, 9.17) is 15.9 Å². The molecule has 0 spiro atoms. The second-order valence-corrected chi connectivity index (χ2v) is 3.93. The summed E-state index contributed by atoms with van der Waals surface area (Å²) in [4.78, 5) is 1.94. The van der Waals surface area contributed by atoms with Crippen LogP contribution in [0.1, 0.15) is 11.1 Å². The molecule has 1 aromatic carbocycles. The molecular weight excluding hydrogens is 204 g/mol. The molecule has 4 N–H and O–H groups in total. The fourth-order valence-corrected chi connectivity index (χ4v) is 1.75. The van der Waals surface area contributed by atoms with E-state index in [0.717, 1.165) is 22.5 Å². The molecule has 0 amide bonds. The van der Waals surface area contributed by atoms with Crippen LogP contribution in [0.3, 0.4) is 0 Å². The second kappa shape index (κ2) is 5.72. The highest BCUT2D eigenvalue weighted by Gasteiger charge is 2.08. The molecule has 16 heavy (non-hydrogen) atoms. The van der Waals surface area contributed by atoms with Crippen molar-refractivity contribution in [2.45, 2.75) is 13.8 Å². The molecule has 0 aliphatic rings. The average Bonchev–Trinajstić information content (AvgIpc) is 2.25. The van der Waals surface area contributed by atoms with E-state index in [1.54, 1.807) is 0 Å². The van der Waals surface area contributed by atoms with Gasteiger partial charge in [0.25, 0.3) is 0 Å². The normalized spacial score (nSPS) is 10.5. The van der Waals surface area contributed by atoms with Crippen LogP contribution in [0.4, 0.5) is 11.4 Å². The summed E-state index contributed by atoms with van der Waals surface area (Å²) < 4.78 is 0. The van der Waals surface area contributed by atoms with Crippen molar-refractivity contribution in [3.05, 3.63) is 23.3 Å². The third-order valence-electron chi connectivity index (χ3n) is 2.68. The summed E-state index contributed by atoms with van der Waals surface area (Å²) in [6.45, 7) is 5.10. The molecule has 0 aromatic heterocycles. The number of nitrogen functional groups attached to an aromatic ring is 1. The van der Waals surface area contributed by atoms with Gasteiger partial charge in [-0.3, -0.25) is 0 Å². The van der Waals surface area contributed by atoms with Crippen LogP contribution in [0.25, 0.3) is 0 Å². The van der Waals surface area contributed by atoms with Gasteiger partial charge in [0.15, 0.2) is 0 Å². The number of aliphatic hydroxyl groups is 2. The predicted molar refractivity (Wildman–Crippen MR) is 66.7 cm³/mol. The minimum atomic E-state index is 0.0719. The lowest BCUT2D eigenvalue weighted by Crippen LogP contribution is -2.29. The maximum Gasteiger partial charge on any atom is 0.0606 e. The molecule has 4 heteroatoms. The van der Waals surface area contributed by atoms with Crippen molar-refractivity contribution in [3.8, 4) is 0 Å². The lowest BCUT2D eigenvalue weighted by molar-refractivity contribution is 0.281. The first-order valence-corrected chi connectivity index (χ1v) is 5.43. The van der Waals surface area contributed by atoms with E-state index in [2.05, 4.69) is 0 Å². The van der Waals surface area contributed by atoms with Crippen LogP contribution in [0, 0.1) is 13.8 Å². The van der Waals surface area contributed by atoms with Crippen LogP contribution in [-0.4, -0.2) is 36.5 Å². The number of hydrogen-bond donors (Lipinski definition) is 3. The molecule has 1 aromatic rings. The summed E-state index contributed by atoms with van der Waals surface area (Å²) in [6.07, 6.45) is 0. The van der Waals surface area contributed by atoms with Crippen LogP contribution in [0.15, 0.2) is 12.1 Å². The van der Waals surface area contributed by atoms with Crippen LogP contribution < -0.4 is 10.6 Å². The molecular formula is C12H20N2O2. The molecule has 1 rings (SSSR count). The molecule has 0 bridgehead atoms. The van der Waals surface area contributed by atoms with Crippen LogP contribution in [0.2, 0.25) is 0 Å². The van der Waals surface area contributed by atoms with Crippen molar-refractivity contribution in [3.63, 3.8) is 0 Å². The standard InChI is InChI=1S/C12H20N2O2/c1-9-7-11(8-10(2)12(9)13)14(3-5-15)4-6-16/h7-8,15-16H,3-6,13H2,1-2H3. The zero-order valence-corrected chi connectivity index (χ0v) is 9.90. The van der Waals surface area contributed by atoms with Crippen LogP contribution in [0.5, 0.6) is 0 Å². The first kappa shape index (κ1) is 12.8. The number of anilines is 2. The van der Waals surface area contributed by atoms with E-state index in [1.807, 2.05) is 30.9 Å². The SMILES string of the molecule is Cc1cc(N(CCO)CCO)cc(C)c1N. The Morgan fingerprint density at radius 2 is 1.50 bits per heavy atom. The molecule has 0 heterocycles. The highest BCUT2D eigenvalue weighted by Crippen LogP contribution is 2.24. The molecule has 0 saturated carbocycles. The van der Waals surface area contributed by atoms with Crippen LogP contribution >= 0.6 is 0 Å². The summed E-state index contributed by atoms with van der Waals surface area (Å²) >= 11 is 0. The third kappa shape index (κ3) is 2.87. The van der Waals surface area contributed by atoms with Gasteiger partial charge in [-0.05, 0) is 37.1 Å². The molecule has 0 radical (unpaired) electrons. The Hall–Kier alpha value is -1.26. The Bertz CT molecular complexity index is 324. The number of benzene rings is 1. The topological polar surface area (TPSA) is 69.7 Å². The number of hydrogen-bond acceptors (Lipinski definition) is 4. The average molecular weight is 224 g/mol. The van der Waals surface area contributed by atoms with Gasteiger partial charge >= 0.3 is 0 Å². The Morgan fingerprint density at radius 1 is 1.06 bits per heavy atom. The molecule has 0 atom stereocenters. The summed E-state index contributed by atoms with van der Waals surface area (Å²) in [5.41, 5.74) is 9.72. The van der Waals surface area contributed by atoms with Gasteiger partial charge in [0.1, 0.15) is 0 Å². The molecule has 90 valence electrons. The lowest BCUT2D eigenvalue weighted by Gasteiger charge is -2.24. The number of aliphatic hydroxyl groups excluding tert-OH is 2. The van der Waals surface area contributed by atoms with E-state index in [9.17, 15) is 0 Å². The summed E-state index contributed by atoms with van der Waals surface area (Å²) in [5.74, 6) is 0. The van der Waals surface area contributed by atoms with E-state index in [0.29, 0.717) is 13.1 Å². The van der Waals surface area contributed by atoms with Gasteiger partial charge in [-0.15, -0.1) is 0 Å². The number of nitrogens with two attached hydrogens (primary N) is 1. The number of aryl methyl sites for hydroxylation is 2. The van der Waals surface area contributed by atoms with Gasteiger partial charge in [-0.1, -0.05) is 0 Å². The van der Waals surface area contributed by atoms with E-state index in [1.165, 1.54) is 0 Å². The zero-order valence-electron chi connectivity index (χ0n) is 9.90. The van der Waals surface area contributed by atoms with Crippen molar-refractivity contribution in [1.82, 2.24) is 0 Å². The Morgan fingerprint density at radius 3 is 1.88 bits per heavy atom. The maximum atomic E-state index is 8.97. The summed E-state index contributed by atoms with van der Waals surface area (Å²) in [7, 11) is 0. The molecule has 0 aliphatic carbocycles. The highest BCUT2D eigenvalue weighted by atomic mass is 16.3. The van der Waals surface area contributed by atoms with E-state index < -0.39 is 0 Å². The van der Waals surface area contributed by atoms with Gasteiger partial charge in [0.05, 0.1) is 13.2 Å². The van der Waals surface area contributed by atoms with E-state index in [-0.39, 0.29) is 13.2 Å². The Kier molecular flexibility index (Phi) is 4.58. The first-order valence-electron chi connectivity index (χ1n) is 5.43. The molecule has 0 unspecified atom stereocenters. The first-order chi connectivity index (χ1) is 7.60.